The molecular formula is C68H126O6. The van der Waals surface area contributed by atoms with E-state index in [1.54, 1.807) is 0 Å². The maximum atomic E-state index is 12.9. The van der Waals surface area contributed by atoms with Gasteiger partial charge in [-0.3, -0.25) is 14.4 Å². The summed E-state index contributed by atoms with van der Waals surface area (Å²) in [6.07, 6.45) is 77.3. The number of carbonyl (C=O) groups excluding carboxylic acids is 3. The summed E-state index contributed by atoms with van der Waals surface area (Å²) in [6, 6.07) is 0. The van der Waals surface area contributed by atoms with E-state index in [9.17, 15) is 14.4 Å². The number of hydrogen-bond donors (Lipinski definition) is 0. The highest BCUT2D eigenvalue weighted by atomic mass is 16.6. The van der Waals surface area contributed by atoms with E-state index in [-0.39, 0.29) is 31.1 Å². The second-order valence-corrected chi connectivity index (χ2v) is 22.4. The minimum Gasteiger partial charge on any atom is -0.462 e. The van der Waals surface area contributed by atoms with Gasteiger partial charge in [0.25, 0.3) is 0 Å². The summed E-state index contributed by atoms with van der Waals surface area (Å²) in [5.41, 5.74) is 0. The lowest BCUT2D eigenvalue weighted by Crippen LogP contribution is -2.30. The zero-order valence-electron chi connectivity index (χ0n) is 49.9. The van der Waals surface area contributed by atoms with Gasteiger partial charge in [-0.15, -0.1) is 0 Å². The SMILES string of the molecule is CCCCCCC/C=C\CCCCCCCC(=O)OCC(COC(=O)CCCCCCCCCCCCCCCCC/C=C\CCCCCCCCCC)OC(=O)CCCCCCC/C=C\CCCCCCCC. The molecule has 0 aliphatic rings. The fraction of sp³-hybridized carbons (Fsp3) is 0.868. The topological polar surface area (TPSA) is 78.9 Å². The van der Waals surface area contributed by atoms with Crippen molar-refractivity contribution in [3.63, 3.8) is 0 Å². The van der Waals surface area contributed by atoms with E-state index < -0.39 is 6.10 Å². The van der Waals surface area contributed by atoms with E-state index in [0.717, 1.165) is 70.6 Å². The fourth-order valence-corrected chi connectivity index (χ4v) is 9.84. The molecule has 0 N–H and O–H groups in total. The van der Waals surface area contributed by atoms with E-state index in [1.165, 1.54) is 250 Å². The zero-order chi connectivity index (χ0) is 53.6. The molecule has 0 aromatic heterocycles. The van der Waals surface area contributed by atoms with E-state index in [4.69, 9.17) is 14.2 Å². The highest BCUT2D eigenvalue weighted by molar-refractivity contribution is 5.71. The number of carbonyl (C=O) groups is 3. The minimum atomic E-state index is -0.778. The van der Waals surface area contributed by atoms with Gasteiger partial charge in [0.2, 0.25) is 0 Å². The normalized spacial score (nSPS) is 12.2. The third-order valence-electron chi connectivity index (χ3n) is 14.8. The first-order chi connectivity index (χ1) is 36.5. The van der Waals surface area contributed by atoms with Crippen molar-refractivity contribution in [1.29, 1.82) is 0 Å². The van der Waals surface area contributed by atoms with Crippen LogP contribution in [0.4, 0.5) is 0 Å². The van der Waals surface area contributed by atoms with Gasteiger partial charge in [-0.25, -0.2) is 0 Å². The van der Waals surface area contributed by atoms with E-state index in [2.05, 4.69) is 57.2 Å². The summed E-state index contributed by atoms with van der Waals surface area (Å²) in [5.74, 6) is -0.870. The van der Waals surface area contributed by atoms with Crippen LogP contribution in [0, 0.1) is 0 Å². The van der Waals surface area contributed by atoms with Crippen molar-refractivity contribution < 1.29 is 28.6 Å². The molecule has 0 spiro atoms. The van der Waals surface area contributed by atoms with Crippen LogP contribution in [0.5, 0.6) is 0 Å². The fourth-order valence-electron chi connectivity index (χ4n) is 9.84. The first-order valence-corrected chi connectivity index (χ1v) is 33.0. The van der Waals surface area contributed by atoms with Crippen LogP contribution in [0.1, 0.15) is 361 Å². The first kappa shape index (κ1) is 71.6. The smallest absolute Gasteiger partial charge is 0.306 e. The van der Waals surface area contributed by atoms with Gasteiger partial charge in [-0.2, -0.15) is 0 Å². The Morgan fingerprint density at radius 3 is 0.676 bits per heavy atom. The van der Waals surface area contributed by atoms with Gasteiger partial charge in [-0.05, 0) is 96.3 Å². The molecule has 0 rings (SSSR count). The van der Waals surface area contributed by atoms with Crippen molar-refractivity contribution in [2.45, 2.75) is 367 Å². The van der Waals surface area contributed by atoms with Crippen LogP contribution in [0.25, 0.3) is 0 Å². The van der Waals surface area contributed by atoms with E-state index in [1.807, 2.05) is 0 Å². The largest absolute Gasteiger partial charge is 0.462 e. The Morgan fingerprint density at radius 2 is 0.446 bits per heavy atom. The molecule has 0 fully saturated rings. The Morgan fingerprint density at radius 1 is 0.257 bits per heavy atom. The molecule has 0 aliphatic carbocycles. The Balaban J connectivity index is 4.21. The standard InChI is InChI=1S/C68H126O6/c1-4-7-10-13-16-19-22-25-28-29-30-31-32-33-34-35-36-37-38-39-41-43-46-49-52-55-58-61-67(70)73-64-65(63-72-66(69)60-57-54-51-48-45-42-27-24-21-18-15-12-9-6-3)74-68(71)62-59-56-53-50-47-44-40-26-23-20-17-14-11-8-5-2/h24,26-27,29-30,40,65H,4-23,25,28,31-39,41-64H2,1-3H3/b27-24-,30-29-,40-26-. The lowest BCUT2D eigenvalue weighted by atomic mass is 10.0. The van der Waals surface area contributed by atoms with Gasteiger partial charge in [0.05, 0.1) is 0 Å². The highest BCUT2D eigenvalue weighted by Crippen LogP contribution is 2.17. The summed E-state index contributed by atoms with van der Waals surface area (Å²) >= 11 is 0. The molecule has 0 saturated heterocycles. The zero-order valence-corrected chi connectivity index (χ0v) is 49.9. The summed E-state index contributed by atoms with van der Waals surface area (Å²) < 4.78 is 16.9. The van der Waals surface area contributed by atoms with Gasteiger partial charge in [0, 0.05) is 19.3 Å². The Hall–Kier alpha value is -2.37. The van der Waals surface area contributed by atoms with Crippen LogP contribution in [0.15, 0.2) is 36.5 Å². The lowest BCUT2D eigenvalue weighted by molar-refractivity contribution is -0.167. The molecule has 0 saturated carbocycles. The number of esters is 3. The molecule has 0 aromatic carbocycles. The number of ether oxygens (including phenoxy) is 3. The van der Waals surface area contributed by atoms with Crippen molar-refractivity contribution in [2.75, 3.05) is 13.2 Å². The molecule has 0 heterocycles. The molecular weight excluding hydrogens is 913 g/mol. The molecule has 1 atom stereocenters. The van der Waals surface area contributed by atoms with Gasteiger partial charge in [0.15, 0.2) is 6.10 Å². The first-order valence-electron chi connectivity index (χ1n) is 33.0. The third-order valence-corrected chi connectivity index (χ3v) is 14.8. The third kappa shape index (κ3) is 60.5. The summed E-state index contributed by atoms with van der Waals surface area (Å²) in [7, 11) is 0. The van der Waals surface area contributed by atoms with Crippen LogP contribution in [0.3, 0.4) is 0 Å². The monoisotopic (exact) mass is 1040 g/mol. The van der Waals surface area contributed by atoms with Crippen LogP contribution < -0.4 is 0 Å². The Labute approximate surface area is 461 Å². The summed E-state index contributed by atoms with van der Waals surface area (Å²) in [4.78, 5) is 38.3. The molecule has 6 nitrogen and oxygen atoms in total. The maximum absolute atomic E-state index is 12.9. The van der Waals surface area contributed by atoms with Crippen molar-refractivity contribution >= 4 is 17.9 Å². The number of hydrogen-bond acceptors (Lipinski definition) is 6. The van der Waals surface area contributed by atoms with Gasteiger partial charge >= 0.3 is 17.9 Å². The quantitative estimate of drug-likeness (QED) is 0.0261. The highest BCUT2D eigenvalue weighted by Gasteiger charge is 2.19. The van der Waals surface area contributed by atoms with Crippen LogP contribution >= 0.6 is 0 Å². The number of rotatable bonds is 61. The van der Waals surface area contributed by atoms with Gasteiger partial charge in [0.1, 0.15) is 13.2 Å². The van der Waals surface area contributed by atoms with Crippen LogP contribution in [-0.4, -0.2) is 37.2 Å². The summed E-state index contributed by atoms with van der Waals surface area (Å²) in [5, 5.41) is 0. The second-order valence-electron chi connectivity index (χ2n) is 22.4. The molecule has 0 radical (unpaired) electrons. The molecule has 0 aliphatic heterocycles. The van der Waals surface area contributed by atoms with Crippen molar-refractivity contribution in [3.05, 3.63) is 36.5 Å². The Bertz CT molecular complexity index is 1240. The molecule has 1 unspecified atom stereocenters. The predicted molar refractivity (Wildman–Crippen MR) is 321 cm³/mol. The molecule has 6 heteroatoms. The van der Waals surface area contributed by atoms with E-state index in [0.29, 0.717) is 19.3 Å². The average molecular weight is 1040 g/mol. The molecule has 0 bridgehead atoms. The lowest BCUT2D eigenvalue weighted by Gasteiger charge is -2.18. The molecule has 0 amide bonds. The average Bonchev–Trinajstić information content (AvgIpc) is 3.40. The van der Waals surface area contributed by atoms with Crippen molar-refractivity contribution in [2.24, 2.45) is 0 Å². The van der Waals surface area contributed by atoms with Gasteiger partial charge < -0.3 is 14.2 Å². The minimum absolute atomic E-state index is 0.0745. The molecule has 434 valence electrons. The van der Waals surface area contributed by atoms with E-state index >= 15 is 0 Å². The summed E-state index contributed by atoms with van der Waals surface area (Å²) in [6.45, 7) is 6.66. The van der Waals surface area contributed by atoms with Gasteiger partial charge in [-0.1, -0.05) is 282 Å². The predicted octanol–water partition coefficient (Wildman–Crippen LogP) is 22.4. The maximum Gasteiger partial charge on any atom is 0.306 e. The molecule has 0 aromatic rings. The number of allylic oxidation sites excluding steroid dienone is 6. The second kappa shape index (κ2) is 63.2. The molecule has 74 heavy (non-hydrogen) atoms. The Kier molecular flexibility index (Phi) is 61.1. The van der Waals surface area contributed by atoms with Crippen molar-refractivity contribution in [3.8, 4) is 0 Å². The van der Waals surface area contributed by atoms with Crippen LogP contribution in [-0.2, 0) is 28.6 Å². The van der Waals surface area contributed by atoms with Crippen LogP contribution in [0.2, 0.25) is 0 Å². The van der Waals surface area contributed by atoms with Crippen molar-refractivity contribution in [1.82, 2.24) is 0 Å². The number of unbranched alkanes of at least 4 members (excludes halogenated alkanes) is 44.